The summed E-state index contributed by atoms with van der Waals surface area (Å²) in [6, 6.07) is 6.83. The number of anilines is 1. The molecule has 0 atom stereocenters. The summed E-state index contributed by atoms with van der Waals surface area (Å²) in [5.41, 5.74) is 6.09. The monoisotopic (exact) mass is 266 g/mol. The number of hydrogen-bond donors (Lipinski definition) is 1. The van der Waals surface area contributed by atoms with Crippen LogP contribution < -0.4 is 10.5 Å². The third-order valence-corrected chi connectivity index (χ3v) is 2.52. The van der Waals surface area contributed by atoms with Crippen molar-refractivity contribution >= 4 is 17.6 Å². The Morgan fingerprint density at radius 2 is 1.95 bits per heavy atom. The van der Waals surface area contributed by atoms with E-state index in [9.17, 15) is 9.59 Å². The topological polar surface area (TPSA) is 81.9 Å². The molecule has 104 valence electrons. The number of carbonyl (C=O) groups excluding carboxylic acids is 2. The van der Waals surface area contributed by atoms with Crippen LogP contribution in [0.2, 0.25) is 0 Å². The predicted octanol–water partition coefficient (Wildman–Crippen LogP) is 0.669. The Morgan fingerprint density at radius 3 is 2.58 bits per heavy atom. The quantitative estimate of drug-likeness (QED) is 0.604. The number of benzene rings is 1. The standard InChI is InChI=1S/C13H18N2O4/c1-3-15(2)12(16)8-19-13(17)9-18-11-7-5-4-6-10(11)14/h4-7H,3,8-9,14H2,1-2H3. The van der Waals surface area contributed by atoms with Gasteiger partial charge in [0.05, 0.1) is 5.69 Å². The molecule has 0 saturated carbocycles. The Bertz CT molecular complexity index is 448. The fourth-order valence-corrected chi connectivity index (χ4v) is 1.22. The maximum atomic E-state index is 11.4. The lowest BCUT2D eigenvalue weighted by molar-refractivity contribution is -0.153. The zero-order valence-corrected chi connectivity index (χ0v) is 11.1. The summed E-state index contributed by atoms with van der Waals surface area (Å²) in [5, 5.41) is 0. The summed E-state index contributed by atoms with van der Waals surface area (Å²) in [6.45, 7) is 1.84. The van der Waals surface area contributed by atoms with E-state index in [1.165, 1.54) is 4.90 Å². The van der Waals surface area contributed by atoms with E-state index in [0.29, 0.717) is 18.0 Å². The molecule has 0 fully saturated rings. The Morgan fingerprint density at radius 1 is 1.26 bits per heavy atom. The number of amides is 1. The predicted molar refractivity (Wildman–Crippen MR) is 70.6 cm³/mol. The average Bonchev–Trinajstić information content (AvgIpc) is 2.42. The van der Waals surface area contributed by atoms with E-state index in [1.54, 1.807) is 31.3 Å². The van der Waals surface area contributed by atoms with Crippen molar-refractivity contribution in [2.45, 2.75) is 6.92 Å². The highest BCUT2D eigenvalue weighted by Gasteiger charge is 2.11. The lowest BCUT2D eigenvalue weighted by Gasteiger charge is -2.14. The number of hydrogen-bond acceptors (Lipinski definition) is 5. The molecule has 6 heteroatoms. The van der Waals surface area contributed by atoms with Crippen LogP contribution in [0.1, 0.15) is 6.92 Å². The van der Waals surface area contributed by atoms with Gasteiger partial charge < -0.3 is 20.1 Å². The minimum Gasteiger partial charge on any atom is -0.480 e. The molecule has 0 aliphatic heterocycles. The summed E-state index contributed by atoms with van der Waals surface area (Å²) >= 11 is 0. The van der Waals surface area contributed by atoms with Gasteiger partial charge in [-0.25, -0.2) is 4.79 Å². The van der Waals surface area contributed by atoms with E-state index >= 15 is 0 Å². The van der Waals surface area contributed by atoms with Gasteiger partial charge in [-0.3, -0.25) is 4.79 Å². The van der Waals surface area contributed by atoms with Gasteiger partial charge in [0.2, 0.25) is 0 Å². The first-order chi connectivity index (χ1) is 9.04. The molecule has 1 rings (SSSR count). The molecule has 1 aromatic rings. The Hall–Kier alpha value is -2.24. The minimum atomic E-state index is -0.610. The Labute approximate surface area is 112 Å². The summed E-state index contributed by atoms with van der Waals surface area (Å²) in [7, 11) is 1.64. The first kappa shape index (κ1) is 14.8. The van der Waals surface area contributed by atoms with Gasteiger partial charge in [0.15, 0.2) is 13.2 Å². The van der Waals surface area contributed by atoms with Crippen LogP contribution in [0.25, 0.3) is 0 Å². The summed E-state index contributed by atoms with van der Waals surface area (Å²) in [5.74, 6) is -0.451. The van der Waals surface area contributed by atoms with Gasteiger partial charge in [-0.2, -0.15) is 0 Å². The second kappa shape index (κ2) is 7.25. The SMILES string of the molecule is CCN(C)C(=O)COC(=O)COc1ccccc1N. The number of ether oxygens (including phenoxy) is 2. The van der Waals surface area contributed by atoms with Crippen molar-refractivity contribution in [3.63, 3.8) is 0 Å². The maximum absolute atomic E-state index is 11.4. The fourth-order valence-electron chi connectivity index (χ4n) is 1.22. The number of rotatable bonds is 6. The molecule has 0 heterocycles. The second-order valence-electron chi connectivity index (χ2n) is 3.90. The van der Waals surface area contributed by atoms with Gasteiger partial charge >= 0.3 is 5.97 Å². The van der Waals surface area contributed by atoms with Crippen LogP contribution in [0.15, 0.2) is 24.3 Å². The zero-order valence-electron chi connectivity index (χ0n) is 11.1. The molecule has 0 aliphatic rings. The van der Waals surface area contributed by atoms with Crippen molar-refractivity contribution in [3.8, 4) is 5.75 Å². The maximum Gasteiger partial charge on any atom is 0.344 e. The van der Waals surface area contributed by atoms with Gasteiger partial charge in [-0.1, -0.05) is 12.1 Å². The number of nitrogens with zero attached hydrogens (tertiary/aromatic N) is 1. The van der Waals surface area contributed by atoms with Crippen molar-refractivity contribution in [2.75, 3.05) is 32.5 Å². The Balaban J connectivity index is 2.33. The highest BCUT2D eigenvalue weighted by Crippen LogP contribution is 2.19. The highest BCUT2D eigenvalue weighted by atomic mass is 16.6. The molecule has 0 spiro atoms. The van der Waals surface area contributed by atoms with Crippen molar-refractivity contribution in [1.82, 2.24) is 4.90 Å². The van der Waals surface area contributed by atoms with Gasteiger partial charge in [0.1, 0.15) is 5.75 Å². The van der Waals surface area contributed by atoms with E-state index in [2.05, 4.69) is 0 Å². The third kappa shape index (κ3) is 4.87. The van der Waals surface area contributed by atoms with E-state index in [4.69, 9.17) is 15.2 Å². The summed E-state index contributed by atoms with van der Waals surface area (Å²) < 4.78 is 9.99. The fraction of sp³-hybridized carbons (Fsp3) is 0.385. The van der Waals surface area contributed by atoms with E-state index in [1.807, 2.05) is 6.92 Å². The molecule has 19 heavy (non-hydrogen) atoms. The van der Waals surface area contributed by atoms with Crippen molar-refractivity contribution in [2.24, 2.45) is 0 Å². The molecule has 1 amide bonds. The van der Waals surface area contributed by atoms with Crippen LogP contribution in [0.5, 0.6) is 5.75 Å². The molecule has 0 saturated heterocycles. The van der Waals surface area contributed by atoms with Crippen molar-refractivity contribution in [3.05, 3.63) is 24.3 Å². The van der Waals surface area contributed by atoms with Crippen LogP contribution in [0.3, 0.4) is 0 Å². The number of carbonyl (C=O) groups is 2. The molecule has 0 unspecified atom stereocenters. The van der Waals surface area contributed by atoms with Crippen LogP contribution in [0.4, 0.5) is 5.69 Å². The molecular weight excluding hydrogens is 248 g/mol. The normalized spacial score (nSPS) is 9.79. The van der Waals surface area contributed by atoms with Crippen LogP contribution in [-0.2, 0) is 14.3 Å². The van der Waals surface area contributed by atoms with Gasteiger partial charge in [-0.05, 0) is 19.1 Å². The lowest BCUT2D eigenvalue weighted by Crippen LogP contribution is -2.31. The van der Waals surface area contributed by atoms with Gasteiger partial charge in [0.25, 0.3) is 5.91 Å². The molecule has 2 N–H and O–H groups in total. The Kier molecular flexibility index (Phi) is 5.66. The van der Waals surface area contributed by atoms with E-state index in [0.717, 1.165) is 0 Å². The number of likely N-dealkylation sites (N-methyl/N-ethyl adjacent to an activating group) is 1. The van der Waals surface area contributed by atoms with Crippen molar-refractivity contribution in [1.29, 1.82) is 0 Å². The van der Waals surface area contributed by atoms with E-state index in [-0.39, 0.29) is 19.1 Å². The summed E-state index contributed by atoms with van der Waals surface area (Å²) in [4.78, 5) is 24.2. The number of esters is 1. The smallest absolute Gasteiger partial charge is 0.344 e. The number of nitrogens with two attached hydrogens (primary N) is 1. The highest BCUT2D eigenvalue weighted by molar-refractivity contribution is 5.80. The number of para-hydroxylation sites is 2. The minimum absolute atomic E-state index is 0.255. The van der Waals surface area contributed by atoms with Crippen LogP contribution >= 0.6 is 0 Å². The third-order valence-electron chi connectivity index (χ3n) is 2.52. The number of nitrogen functional groups attached to an aromatic ring is 1. The molecule has 6 nitrogen and oxygen atoms in total. The molecule has 0 bridgehead atoms. The first-order valence-corrected chi connectivity index (χ1v) is 5.91. The van der Waals surface area contributed by atoms with Crippen LogP contribution in [0, 0.1) is 0 Å². The molecule has 0 radical (unpaired) electrons. The summed E-state index contributed by atoms with van der Waals surface area (Å²) in [6.07, 6.45) is 0. The first-order valence-electron chi connectivity index (χ1n) is 5.91. The average molecular weight is 266 g/mol. The van der Waals surface area contributed by atoms with Gasteiger partial charge in [0, 0.05) is 13.6 Å². The van der Waals surface area contributed by atoms with E-state index < -0.39 is 5.97 Å². The molecule has 0 aliphatic carbocycles. The molecular formula is C13H18N2O4. The van der Waals surface area contributed by atoms with Crippen LogP contribution in [-0.4, -0.2) is 43.6 Å². The molecule has 1 aromatic carbocycles. The zero-order chi connectivity index (χ0) is 14.3. The second-order valence-corrected chi connectivity index (χ2v) is 3.90. The lowest BCUT2D eigenvalue weighted by atomic mass is 10.3. The van der Waals surface area contributed by atoms with Gasteiger partial charge in [-0.15, -0.1) is 0 Å². The molecule has 0 aromatic heterocycles. The largest absolute Gasteiger partial charge is 0.480 e. The van der Waals surface area contributed by atoms with Crippen molar-refractivity contribution < 1.29 is 19.1 Å².